The fourth-order valence-electron chi connectivity index (χ4n) is 5.00. The Balaban J connectivity index is 1.46. The molecule has 7 heteroatoms. The van der Waals surface area contributed by atoms with Crippen molar-refractivity contribution in [3.05, 3.63) is 76.7 Å². The number of aliphatic imine (C=N–C) groups is 1. The zero-order chi connectivity index (χ0) is 26.2. The molecule has 0 bridgehead atoms. The highest BCUT2D eigenvalue weighted by Crippen LogP contribution is 2.45. The highest BCUT2D eigenvalue weighted by atomic mass is 32.1. The number of hydrazone groups is 1. The van der Waals surface area contributed by atoms with E-state index in [1.165, 1.54) is 9.89 Å². The first-order chi connectivity index (χ1) is 17.7. The Bertz CT molecular complexity index is 1370. The molecule has 2 aliphatic rings. The van der Waals surface area contributed by atoms with E-state index in [1.807, 2.05) is 67.6 Å². The summed E-state index contributed by atoms with van der Waals surface area (Å²) in [7, 11) is 0. The van der Waals surface area contributed by atoms with Gasteiger partial charge < -0.3 is 5.32 Å². The summed E-state index contributed by atoms with van der Waals surface area (Å²) in [5, 5.41) is 9.62. The largest absolute Gasteiger partial charge is 0.322 e. The van der Waals surface area contributed by atoms with E-state index in [9.17, 15) is 9.59 Å². The normalized spacial score (nSPS) is 19.7. The van der Waals surface area contributed by atoms with Crippen LogP contribution in [0.5, 0.6) is 0 Å². The second-order valence-electron chi connectivity index (χ2n) is 10.8. The van der Waals surface area contributed by atoms with Gasteiger partial charge in [0.25, 0.3) is 11.8 Å². The molecule has 2 heterocycles. The molecule has 0 spiro atoms. The Morgan fingerprint density at radius 2 is 1.78 bits per heavy atom. The number of carbonyl (C=O) groups is 2. The number of nitrogens with one attached hydrogen (secondary N) is 1. The Hall–Kier alpha value is -3.58. The minimum atomic E-state index is -0.563. The molecule has 0 unspecified atom stereocenters. The van der Waals surface area contributed by atoms with Crippen molar-refractivity contribution >= 4 is 51.5 Å². The van der Waals surface area contributed by atoms with Crippen molar-refractivity contribution in [2.24, 2.45) is 27.3 Å². The molecule has 37 heavy (non-hydrogen) atoms. The van der Waals surface area contributed by atoms with Gasteiger partial charge in [0.2, 0.25) is 0 Å². The maximum Gasteiger partial charge on any atom is 0.261 e. The van der Waals surface area contributed by atoms with Crippen LogP contribution in [0.3, 0.4) is 0 Å². The molecular formula is C30H32N4O2S. The minimum absolute atomic E-state index is 0.142. The number of hydrogen-bond acceptors (Lipinski definition) is 5. The number of nitrogens with zero attached hydrogens (tertiary/aromatic N) is 3. The predicted molar refractivity (Wildman–Crippen MR) is 152 cm³/mol. The molecule has 1 aliphatic heterocycles. The molecule has 0 saturated carbocycles. The Morgan fingerprint density at radius 3 is 2.46 bits per heavy atom. The molecule has 0 radical (unpaired) electrons. The van der Waals surface area contributed by atoms with E-state index >= 15 is 0 Å². The molecule has 0 saturated heterocycles. The summed E-state index contributed by atoms with van der Waals surface area (Å²) in [4.78, 5) is 32.7. The number of carbonyl (C=O) groups excluding carboxylic acids is 2. The van der Waals surface area contributed by atoms with E-state index in [2.05, 4.69) is 31.2 Å². The van der Waals surface area contributed by atoms with Crippen molar-refractivity contribution in [3.63, 3.8) is 0 Å². The van der Waals surface area contributed by atoms with Crippen molar-refractivity contribution in [3.8, 4) is 0 Å². The van der Waals surface area contributed by atoms with Crippen molar-refractivity contribution in [1.29, 1.82) is 0 Å². The highest BCUT2D eigenvalue weighted by Gasteiger charge is 2.35. The molecular weight excluding hydrogens is 480 g/mol. The fourth-order valence-corrected chi connectivity index (χ4v) is 6.28. The highest BCUT2D eigenvalue weighted by molar-refractivity contribution is 7.16. The summed E-state index contributed by atoms with van der Waals surface area (Å²) in [6.07, 6.45) is 4.49. The Labute approximate surface area is 222 Å². The quantitative estimate of drug-likeness (QED) is 0.378. The molecule has 2 aromatic carbocycles. The fraction of sp³-hybridized carbons (Fsp3) is 0.333. The molecule has 1 aromatic heterocycles. The van der Waals surface area contributed by atoms with Gasteiger partial charge in [-0.2, -0.15) is 10.1 Å². The summed E-state index contributed by atoms with van der Waals surface area (Å²) in [6.45, 7) is 8.69. The zero-order valence-electron chi connectivity index (χ0n) is 21.7. The lowest BCUT2D eigenvalue weighted by atomic mass is 9.72. The van der Waals surface area contributed by atoms with Gasteiger partial charge in [-0.3, -0.25) is 9.59 Å². The third-order valence-corrected chi connectivity index (χ3v) is 8.42. The summed E-state index contributed by atoms with van der Waals surface area (Å²) >= 11 is 1.58. The molecule has 190 valence electrons. The number of anilines is 2. The summed E-state index contributed by atoms with van der Waals surface area (Å²) in [6, 6.07) is 18.9. The van der Waals surface area contributed by atoms with E-state index in [0.717, 1.165) is 36.2 Å². The van der Waals surface area contributed by atoms with Gasteiger partial charge >= 0.3 is 0 Å². The van der Waals surface area contributed by atoms with E-state index in [0.29, 0.717) is 22.2 Å². The van der Waals surface area contributed by atoms with Crippen LogP contribution >= 0.6 is 11.3 Å². The Kier molecular flexibility index (Phi) is 6.82. The number of thiophene rings is 1. The summed E-state index contributed by atoms with van der Waals surface area (Å²) < 4.78 is 0. The van der Waals surface area contributed by atoms with E-state index in [-0.39, 0.29) is 17.2 Å². The topological polar surface area (TPSA) is 74.1 Å². The number of amides is 2. The van der Waals surface area contributed by atoms with Gasteiger partial charge in [0, 0.05) is 16.8 Å². The number of para-hydroxylation sites is 2. The van der Waals surface area contributed by atoms with E-state index < -0.39 is 5.92 Å². The smallest absolute Gasteiger partial charge is 0.261 e. The van der Waals surface area contributed by atoms with Gasteiger partial charge in [0.05, 0.1) is 17.0 Å². The monoisotopic (exact) mass is 512 g/mol. The maximum atomic E-state index is 13.5. The molecule has 0 fully saturated rings. The lowest BCUT2D eigenvalue weighted by molar-refractivity contribution is -0.118. The first-order valence-electron chi connectivity index (χ1n) is 12.7. The number of fused-ring (bicyclic) bond motifs is 1. The number of benzene rings is 2. The second-order valence-corrected chi connectivity index (χ2v) is 11.9. The van der Waals surface area contributed by atoms with Crippen molar-refractivity contribution in [2.75, 3.05) is 10.3 Å². The van der Waals surface area contributed by atoms with Crippen LogP contribution in [-0.4, -0.2) is 23.7 Å². The molecule has 2 amide bonds. The van der Waals surface area contributed by atoms with Crippen molar-refractivity contribution < 1.29 is 9.59 Å². The average molecular weight is 513 g/mol. The van der Waals surface area contributed by atoms with E-state index in [4.69, 9.17) is 4.99 Å². The molecule has 3 aromatic rings. The van der Waals surface area contributed by atoms with Crippen molar-refractivity contribution in [1.82, 2.24) is 0 Å². The van der Waals surface area contributed by atoms with Crippen LogP contribution in [0.15, 0.2) is 70.8 Å². The number of hydrogen-bond donors (Lipinski definition) is 1. The summed E-state index contributed by atoms with van der Waals surface area (Å²) in [5.74, 6) is -0.312. The van der Waals surface area contributed by atoms with Crippen LogP contribution in [-0.2, 0) is 17.6 Å². The minimum Gasteiger partial charge on any atom is -0.322 e. The summed E-state index contributed by atoms with van der Waals surface area (Å²) in [5.41, 5.74) is 4.08. The molecule has 5 rings (SSSR count). The van der Waals surface area contributed by atoms with Crippen LogP contribution in [0.4, 0.5) is 16.4 Å². The molecule has 2 atom stereocenters. The van der Waals surface area contributed by atoms with Gasteiger partial charge in [-0.25, -0.2) is 4.99 Å². The van der Waals surface area contributed by atoms with E-state index in [1.54, 1.807) is 17.6 Å². The lowest BCUT2D eigenvalue weighted by Crippen LogP contribution is -2.27. The predicted octanol–water partition coefficient (Wildman–Crippen LogP) is 6.89. The van der Waals surface area contributed by atoms with Crippen LogP contribution in [0, 0.1) is 17.3 Å². The maximum absolute atomic E-state index is 13.5. The zero-order valence-corrected chi connectivity index (χ0v) is 22.5. The standard InChI is InChI=1S/C30H32N4O2S/c1-19-24(29(36)34(33-19)22-13-9-6-10-14-22)18-31-28-26(27(35)32-21-11-7-5-8-12-21)23-16-15-20(30(2,3)4)17-25(23)37-28/h5-14,18,20,24H,15-17H2,1-4H3,(H,32,35)/t20-,24+/m0/s1. The van der Waals surface area contributed by atoms with Gasteiger partial charge in [-0.1, -0.05) is 57.2 Å². The van der Waals surface area contributed by atoms with Crippen molar-refractivity contribution in [2.45, 2.75) is 47.0 Å². The first-order valence-corrected chi connectivity index (χ1v) is 13.5. The van der Waals surface area contributed by atoms with Crippen LogP contribution in [0.2, 0.25) is 0 Å². The Morgan fingerprint density at radius 1 is 1.11 bits per heavy atom. The SMILES string of the molecule is CC1=NN(c2ccccc2)C(=O)[C@@H]1C=Nc1sc2c(c1C(=O)Nc1ccccc1)CC[C@H](C(C)(C)C)C2. The third-order valence-electron chi connectivity index (χ3n) is 7.25. The second kappa shape index (κ2) is 10.1. The van der Waals surface area contributed by atoms with Gasteiger partial charge in [0.15, 0.2) is 0 Å². The third kappa shape index (κ3) is 5.14. The first kappa shape index (κ1) is 25.1. The average Bonchev–Trinajstić information content (AvgIpc) is 3.39. The van der Waals surface area contributed by atoms with Gasteiger partial charge in [0.1, 0.15) is 10.9 Å². The van der Waals surface area contributed by atoms with Crippen LogP contribution in [0.1, 0.15) is 54.9 Å². The molecule has 1 aliphatic carbocycles. The van der Waals surface area contributed by atoms with Gasteiger partial charge in [-0.05, 0) is 67.3 Å². The van der Waals surface area contributed by atoms with Crippen LogP contribution < -0.4 is 10.3 Å². The lowest BCUT2D eigenvalue weighted by Gasteiger charge is -2.33. The van der Waals surface area contributed by atoms with Crippen LogP contribution in [0.25, 0.3) is 0 Å². The van der Waals surface area contributed by atoms with Gasteiger partial charge in [-0.15, -0.1) is 11.3 Å². The molecule has 1 N–H and O–H groups in total. The molecule has 6 nitrogen and oxygen atoms in total. The number of rotatable bonds is 5.